The van der Waals surface area contributed by atoms with E-state index in [4.69, 9.17) is 0 Å². The minimum absolute atomic E-state index is 0.102. The third-order valence-corrected chi connectivity index (χ3v) is 4.14. The molecule has 1 unspecified atom stereocenters. The fourth-order valence-corrected chi connectivity index (χ4v) is 2.97. The first-order chi connectivity index (χ1) is 11.4. The van der Waals surface area contributed by atoms with Gasteiger partial charge in [0.25, 0.3) is 0 Å². The average molecular weight is 341 g/mol. The number of rotatable bonds is 3. The summed E-state index contributed by atoms with van der Waals surface area (Å²) >= 11 is 0. The van der Waals surface area contributed by atoms with Gasteiger partial charge in [0, 0.05) is 25.2 Å². The van der Waals surface area contributed by atoms with Crippen LogP contribution in [-0.4, -0.2) is 23.7 Å². The summed E-state index contributed by atoms with van der Waals surface area (Å²) in [5.41, 5.74) is 0.811. The van der Waals surface area contributed by atoms with E-state index in [1.54, 1.807) is 24.3 Å². The Morgan fingerprint density at radius 3 is 2.33 bits per heavy atom. The molecule has 1 aliphatic rings. The Bertz CT molecular complexity index is 752. The lowest BCUT2D eigenvalue weighted by molar-refractivity contribution is 0.0863. The van der Waals surface area contributed by atoms with E-state index < -0.39 is 40.7 Å². The van der Waals surface area contributed by atoms with Crippen molar-refractivity contribution in [2.45, 2.75) is 19.2 Å². The number of ether oxygens (including phenoxy) is 1. The lowest BCUT2D eigenvalue weighted by Gasteiger charge is -2.32. The van der Waals surface area contributed by atoms with Crippen molar-refractivity contribution in [3.8, 4) is 5.75 Å². The number of halogens is 4. The highest BCUT2D eigenvalue weighted by Crippen LogP contribution is 2.32. The highest BCUT2D eigenvalue weighted by Gasteiger charge is 2.29. The predicted octanol–water partition coefficient (Wildman–Crippen LogP) is 3.30. The number of benzene rings is 2. The standard InChI is InChI=1S/C17H15F4NO2/c1-24-17-15(20)13(18)11(14(19)16(17)21)7-22-6-9-4-2-3-5-10(9)12(23)8-22/h2-5,12,23H,6-8H2,1H3. The quantitative estimate of drug-likeness (QED) is 0.687. The molecule has 0 saturated heterocycles. The number of fused-ring (bicyclic) bond motifs is 1. The van der Waals surface area contributed by atoms with Crippen molar-refractivity contribution < 1.29 is 27.4 Å². The Balaban J connectivity index is 1.93. The molecule has 1 N–H and O–H groups in total. The van der Waals surface area contributed by atoms with Crippen LogP contribution in [0.25, 0.3) is 0 Å². The lowest BCUT2D eigenvalue weighted by atomic mass is 9.97. The van der Waals surface area contributed by atoms with Crippen LogP contribution in [-0.2, 0) is 13.1 Å². The molecule has 1 heterocycles. The zero-order valence-corrected chi connectivity index (χ0v) is 12.8. The summed E-state index contributed by atoms with van der Waals surface area (Å²) in [6, 6.07) is 7.12. The summed E-state index contributed by atoms with van der Waals surface area (Å²) in [5.74, 6) is -7.19. The van der Waals surface area contributed by atoms with Gasteiger partial charge in [-0.15, -0.1) is 0 Å². The first-order valence-electron chi connectivity index (χ1n) is 7.31. The van der Waals surface area contributed by atoms with Gasteiger partial charge in [0.1, 0.15) is 0 Å². The maximum atomic E-state index is 14.1. The van der Waals surface area contributed by atoms with Crippen LogP contribution in [0.5, 0.6) is 5.75 Å². The second-order valence-electron chi connectivity index (χ2n) is 5.65. The molecule has 0 radical (unpaired) electrons. The monoisotopic (exact) mass is 341 g/mol. The van der Waals surface area contributed by atoms with Gasteiger partial charge in [-0.2, -0.15) is 8.78 Å². The van der Waals surface area contributed by atoms with Gasteiger partial charge in [0.2, 0.25) is 11.6 Å². The van der Waals surface area contributed by atoms with E-state index in [9.17, 15) is 22.7 Å². The third-order valence-electron chi connectivity index (χ3n) is 4.14. The van der Waals surface area contributed by atoms with Gasteiger partial charge < -0.3 is 9.84 Å². The molecule has 1 aliphatic heterocycles. The molecule has 3 rings (SSSR count). The molecule has 0 amide bonds. The molecule has 0 spiro atoms. The second kappa shape index (κ2) is 6.41. The molecular weight excluding hydrogens is 326 g/mol. The van der Waals surface area contributed by atoms with Gasteiger partial charge in [0.05, 0.1) is 13.2 Å². The Labute approximate surface area is 136 Å². The molecule has 1 atom stereocenters. The van der Waals surface area contributed by atoms with E-state index in [1.807, 2.05) is 0 Å². The van der Waals surface area contributed by atoms with E-state index in [0.29, 0.717) is 6.54 Å². The Morgan fingerprint density at radius 1 is 1.08 bits per heavy atom. The van der Waals surface area contributed by atoms with Gasteiger partial charge in [-0.1, -0.05) is 24.3 Å². The smallest absolute Gasteiger partial charge is 0.204 e. The van der Waals surface area contributed by atoms with Crippen molar-refractivity contribution in [1.82, 2.24) is 4.90 Å². The maximum absolute atomic E-state index is 14.1. The van der Waals surface area contributed by atoms with Crippen LogP contribution >= 0.6 is 0 Å². The SMILES string of the molecule is COc1c(F)c(F)c(CN2Cc3ccccc3C(O)C2)c(F)c1F. The molecule has 0 saturated carbocycles. The number of β-amino-alcohol motifs (C(OH)–C–C–N with tert-alkyl or cyclic N) is 1. The molecular formula is C17H15F4NO2. The Hall–Kier alpha value is -2.12. The van der Waals surface area contributed by atoms with Crippen LogP contribution in [0, 0.1) is 23.3 Å². The van der Waals surface area contributed by atoms with Crippen LogP contribution < -0.4 is 4.74 Å². The minimum atomic E-state index is -1.57. The third kappa shape index (κ3) is 2.74. The number of methoxy groups -OCH3 is 1. The number of hydrogen-bond donors (Lipinski definition) is 1. The van der Waals surface area contributed by atoms with Gasteiger partial charge in [0.15, 0.2) is 17.4 Å². The second-order valence-corrected chi connectivity index (χ2v) is 5.65. The molecule has 2 aromatic carbocycles. The molecule has 0 aliphatic carbocycles. The molecule has 24 heavy (non-hydrogen) atoms. The largest absolute Gasteiger partial charge is 0.491 e. The number of hydrogen-bond acceptors (Lipinski definition) is 3. The summed E-state index contributed by atoms with van der Waals surface area (Å²) in [4.78, 5) is 1.53. The summed E-state index contributed by atoms with van der Waals surface area (Å²) in [6.07, 6.45) is -0.839. The van der Waals surface area contributed by atoms with Crippen LogP contribution in [0.1, 0.15) is 22.8 Å². The first-order valence-corrected chi connectivity index (χ1v) is 7.31. The van der Waals surface area contributed by atoms with Crippen LogP contribution in [0.3, 0.4) is 0 Å². The van der Waals surface area contributed by atoms with Gasteiger partial charge in [-0.3, -0.25) is 4.90 Å². The van der Waals surface area contributed by atoms with E-state index in [0.717, 1.165) is 18.2 Å². The number of aliphatic hydroxyl groups is 1. The van der Waals surface area contributed by atoms with Crippen molar-refractivity contribution in [3.05, 3.63) is 64.2 Å². The molecule has 0 aromatic heterocycles. The van der Waals surface area contributed by atoms with E-state index in [1.165, 1.54) is 4.90 Å². The molecule has 0 bridgehead atoms. The Morgan fingerprint density at radius 2 is 1.71 bits per heavy atom. The topological polar surface area (TPSA) is 32.7 Å². The minimum Gasteiger partial charge on any atom is -0.491 e. The van der Waals surface area contributed by atoms with Gasteiger partial charge in [-0.05, 0) is 11.1 Å². The zero-order valence-electron chi connectivity index (χ0n) is 12.8. The van der Waals surface area contributed by atoms with E-state index in [2.05, 4.69) is 4.74 Å². The van der Waals surface area contributed by atoms with E-state index in [-0.39, 0.29) is 13.1 Å². The van der Waals surface area contributed by atoms with Crippen LogP contribution in [0.2, 0.25) is 0 Å². The molecule has 7 heteroatoms. The van der Waals surface area contributed by atoms with Gasteiger partial charge in [-0.25, -0.2) is 8.78 Å². The number of aliphatic hydroxyl groups excluding tert-OH is 1. The lowest BCUT2D eigenvalue weighted by Crippen LogP contribution is -2.34. The zero-order chi connectivity index (χ0) is 17.4. The fraction of sp³-hybridized carbons (Fsp3) is 0.294. The predicted molar refractivity (Wildman–Crippen MR) is 78.3 cm³/mol. The van der Waals surface area contributed by atoms with Gasteiger partial charge >= 0.3 is 0 Å². The first kappa shape index (κ1) is 16.7. The van der Waals surface area contributed by atoms with Crippen LogP contribution in [0.4, 0.5) is 17.6 Å². The summed E-state index contributed by atoms with van der Waals surface area (Å²) in [5, 5.41) is 10.1. The molecule has 0 fully saturated rings. The van der Waals surface area contributed by atoms with Crippen molar-refractivity contribution in [3.63, 3.8) is 0 Å². The van der Waals surface area contributed by atoms with Crippen LogP contribution in [0.15, 0.2) is 24.3 Å². The summed E-state index contributed by atoms with van der Waals surface area (Å²) in [6.45, 7) is 0.0352. The fourth-order valence-electron chi connectivity index (χ4n) is 2.97. The molecule has 3 nitrogen and oxygen atoms in total. The average Bonchev–Trinajstić information content (AvgIpc) is 2.58. The van der Waals surface area contributed by atoms with Crippen molar-refractivity contribution in [2.75, 3.05) is 13.7 Å². The van der Waals surface area contributed by atoms with Crippen molar-refractivity contribution in [2.24, 2.45) is 0 Å². The van der Waals surface area contributed by atoms with E-state index >= 15 is 0 Å². The normalized spacial score (nSPS) is 17.7. The summed E-state index contributed by atoms with van der Waals surface area (Å²) in [7, 11) is 0.929. The highest BCUT2D eigenvalue weighted by atomic mass is 19.2. The maximum Gasteiger partial charge on any atom is 0.204 e. The summed E-state index contributed by atoms with van der Waals surface area (Å²) < 4.78 is 60.1. The molecule has 2 aromatic rings. The molecule has 128 valence electrons. The van der Waals surface area contributed by atoms with Crippen molar-refractivity contribution in [1.29, 1.82) is 0 Å². The number of nitrogens with zero attached hydrogens (tertiary/aromatic N) is 1. The highest BCUT2D eigenvalue weighted by molar-refractivity contribution is 5.35. The Kier molecular flexibility index (Phi) is 4.47. The van der Waals surface area contributed by atoms with Crippen molar-refractivity contribution >= 4 is 0 Å².